The van der Waals surface area contributed by atoms with E-state index in [9.17, 15) is 9.59 Å². The maximum atomic E-state index is 11.9. The Morgan fingerprint density at radius 3 is 2.34 bits per heavy atom. The van der Waals surface area contributed by atoms with E-state index >= 15 is 0 Å². The van der Waals surface area contributed by atoms with Crippen LogP contribution in [-0.2, 0) is 4.79 Å². The summed E-state index contributed by atoms with van der Waals surface area (Å²) in [6, 6.07) is 16.5. The van der Waals surface area contributed by atoms with Crippen molar-refractivity contribution in [3.8, 4) is 11.4 Å². The fourth-order valence-electron chi connectivity index (χ4n) is 2.53. The highest BCUT2D eigenvalue weighted by Crippen LogP contribution is 2.38. The summed E-state index contributed by atoms with van der Waals surface area (Å²) in [5.41, 5.74) is 6.40. The van der Waals surface area contributed by atoms with Gasteiger partial charge in [0.2, 0.25) is 5.91 Å². The average Bonchev–Trinajstić information content (AvgIpc) is 3.45. The molecule has 1 saturated carbocycles. The molecule has 4 rings (SSSR count). The number of amides is 2. The van der Waals surface area contributed by atoms with Crippen LogP contribution in [0.15, 0.2) is 54.6 Å². The van der Waals surface area contributed by atoms with Gasteiger partial charge in [0.05, 0.1) is 0 Å². The van der Waals surface area contributed by atoms with Gasteiger partial charge >= 0.3 is 0 Å². The smallest absolute Gasteiger partial charge is 0.251 e. The number of benzene rings is 2. The van der Waals surface area contributed by atoms with Gasteiger partial charge in [-0.15, -0.1) is 0 Å². The van der Waals surface area contributed by atoms with E-state index in [2.05, 4.69) is 20.5 Å². The second-order valence-corrected chi connectivity index (χ2v) is 7.10. The lowest BCUT2D eigenvalue weighted by atomic mass is 10.1. The minimum atomic E-state index is -0.438. The first-order valence-electron chi connectivity index (χ1n) is 9.32. The summed E-state index contributed by atoms with van der Waals surface area (Å²) in [4.78, 5) is 27.0. The van der Waals surface area contributed by atoms with Crippen molar-refractivity contribution in [3.63, 3.8) is 0 Å². The van der Waals surface area contributed by atoms with Gasteiger partial charge in [-0.1, -0.05) is 41.9 Å². The number of nitrogens with zero attached hydrogens (tertiary/aromatic N) is 2. The number of primary amides is 1. The van der Waals surface area contributed by atoms with Crippen molar-refractivity contribution in [2.75, 3.05) is 6.54 Å². The molecule has 1 aromatic heterocycles. The average molecular weight is 412 g/mol. The van der Waals surface area contributed by atoms with Gasteiger partial charge in [-0.05, 0) is 37.1 Å². The number of carbonyl (C=O) groups is 2. The molecule has 0 atom stereocenters. The van der Waals surface area contributed by atoms with Crippen molar-refractivity contribution in [2.24, 2.45) is 5.73 Å². The molecule has 150 valence electrons. The summed E-state index contributed by atoms with van der Waals surface area (Å²) in [5, 5.41) is 10.6. The van der Waals surface area contributed by atoms with Crippen LogP contribution in [0.3, 0.4) is 0 Å². The first-order chi connectivity index (χ1) is 14.0. The summed E-state index contributed by atoms with van der Waals surface area (Å²) < 4.78 is 0. The van der Waals surface area contributed by atoms with Crippen LogP contribution >= 0.6 is 11.6 Å². The molecule has 1 fully saturated rings. The van der Waals surface area contributed by atoms with Crippen LogP contribution in [0.1, 0.15) is 41.4 Å². The normalized spacial score (nSPS) is 12.6. The number of aromatic amines is 1. The van der Waals surface area contributed by atoms with E-state index in [0.29, 0.717) is 17.3 Å². The summed E-state index contributed by atoms with van der Waals surface area (Å²) in [6.45, 7) is 0.238. The third kappa shape index (κ3) is 6.43. The maximum absolute atomic E-state index is 11.9. The summed E-state index contributed by atoms with van der Waals surface area (Å²) >= 11 is 5.54. The number of nitrogens with one attached hydrogen (secondary N) is 2. The molecule has 1 heterocycles. The van der Waals surface area contributed by atoms with E-state index in [4.69, 9.17) is 17.3 Å². The van der Waals surface area contributed by atoms with E-state index in [1.807, 2.05) is 42.5 Å². The van der Waals surface area contributed by atoms with Crippen LogP contribution in [0.4, 0.5) is 0 Å². The van der Waals surface area contributed by atoms with Gasteiger partial charge in [0.1, 0.15) is 5.82 Å². The number of hydrogen-bond acceptors (Lipinski definition) is 4. The number of rotatable bonds is 6. The second kappa shape index (κ2) is 9.84. The van der Waals surface area contributed by atoms with E-state index < -0.39 is 5.91 Å². The van der Waals surface area contributed by atoms with Crippen molar-refractivity contribution in [2.45, 2.75) is 25.2 Å². The van der Waals surface area contributed by atoms with Crippen LogP contribution in [0.2, 0.25) is 5.02 Å². The first-order valence-corrected chi connectivity index (χ1v) is 9.70. The minimum absolute atomic E-state index is 0.130. The van der Waals surface area contributed by atoms with Crippen LogP contribution < -0.4 is 11.1 Å². The molecular weight excluding hydrogens is 390 g/mol. The molecule has 3 aromatic rings. The van der Waals surface area contributed by atoms with Crippen LogP contribution in [0.25, 0.3) is 11.4 Å². The Labute approximate surface area is 173 Å². The van der Waals surface area contributed by atoms with Gasteiger partial charge in [-0.25, -0.2) is 4.98 Å². The zero-order valence-corrected chi connectivity index (χ0v) is 16.5. The van der Waals surface area contributed by atoms with Crippen LogP contribution in [0, 0.1) is 0 Å². The Morgan fingerprint density at radius 1 is 1.10 bits per heavy atom. The van der Waals surface area contributed by atoms with Gasteiger partial charge in [-0.2, -0.15) is 5.10 Å². The molecule has 29 heavy (non-hydrogen) atoms. The first kappa shape index (κ1) is 20.5. The molecular formula is C21H22ClN5O2. The Hall–Kier alpha value is -3.19. The number of halogens is 1. The van der Waals surface area contributed by atoms with E-state index in [1.54, 1.807) is 12.1 Å². The Kier molecular flexibility index (Phi) is 6.97. The molecule has 0 radical (unpaired) electrons. The third-order valence-corrected chi connectivity index (χ3v) is 4.51. The highest BCUT2D eigenvalue weighted by Gasteiger charge is 2.27. The zero-order valence-electron chi connectivity index (χ0n) is 15.8. The fraction of sp³-hybridized carbons (Fsp3) is 0.238. The van der Waals surface area contributed by atoms with E-state index in [1.165, 1.54) is 12.8 Å². The van der Waals surface area contributed by atoms with Gasteiger partial charge in [0.15, 0.2) is 5.82 Å². The zero-order chi connectivity index (χ0) is 20.6. The Bertz CT molecular complexity index is 953. The molecule has 7 nitrogen and oxygen atoms in total. The number of hydrogen-bond donors (Lipinski definition) is 3. The molecule has 8 heteroatoms. The molecule has 0 bridgehead atoms. The molecule has 2 amide bonds. The van der Waals surface area contributed by atoms with Crippen molar-refractivity contribution < 1.29 is 9.59 Å². The molecule has 4 N–H and O–H groups in total. The molecule has 1 aliphatic carbocycles. The number of nitrogens with two attached hydrogens (primary N) is 1. The number of carbonyl (C=O) groups excluding carboxylic acids is 2. The summed E-state index contributed by atoms with van der Waals surface area (Å²) in [7, 11) is 0. The lowest BCUT2D eigenvalue weighted by Crippen LogP contribution is -2.27. The number of H-pyrrole nitrogens is 1. The van der Waals surface area contributed by atoms with Crippen molar-refractivity contribution in [1.29, 1.82) is 0 Å². The van der Waals surface area contributed by atoms with E-state index in [-0.39, 0.29) is 18.9 Å². The third-order valence-electron chi connectivity index (χ3n) is 4.26. The minimum Gasteiger partial charge on any atom is -0.370 e. The van der Waals surface area contributed by atoms with Crippen LogP contribution in [0.5, 0.6) is 0 Å². The topological polar surface area (TPSA) is 114 Å². The highest BCUT2D eigenvalue weighted by atomic mass is 35.5. The van der Waals surface area contributed by atoms with Crippen molar-refractivity contribution in [1.82, 2.24) is 20.5 Å². The monoisotopic (exact) mass is 411 g/mol. The molecule has 0 aliphatic heterocycles. The molecule has 1 aliphatic rings. The van der Waals surface area contributed by atoms with Crippen LogP contribution in [-0.4, -0.2) is 33.5 Å². The van der Waals surface area contributed by atoms with Gasteiger partial charge in [0.25, 0.3) is 5.91 Å². The van der Waals surface area contributed by atoms with Gasteiger partial charge in [-0.3, -0.25) is 14.7 Å². The molecule has 0 spiro atoms. The predicted molar refractivity (Wildman–Crippen MR) is 111 cm³/mol. The van der Waals surface area contributed by atoms with Gasteiger partial charge < -0.3 is 11.1 Å². The number of aromatic nitrogens is 3. The second-order valence-electron chi connectivity index (χ2n) is 6.66. The lowest BCUT2D eigenvalue weighted by Gasteiger charge is -2.04. The predicted octanol–water partition coefficient (Wildman–Crippen LogP) is 3.29. The Morgan fingerprint density at radius 2 is 1.79 bits per heavy atom. The molecule has 0 unspecified atom stereocenters. The lowest BCUT2D eigenvalue weighted by molar-refractivity contribution is -0.117. The van der Waals surface area contributed by atoms with E-state index in [0.717, 1.165) is 16.4 Å². The SMILES string of the molecule is Clc1ccccc1.NC(=O)CCNC(=O)c1ccc(-c2n[nH]c(C3CC3)n2)cc1. The molecule has 2 aromatic carbocycles. The Balaban J connectivity index is 0.000000290. The fourth-order valence-corrected chi connectivity index (χ4v) is 2.67. The quantitative estimate of drug-likeness (QED) is 0.577. The summed E-state index contributed by atoms with van der Waals surface area (Å²) in [6.07, 6.45) is 2.46. The van der Waals surface area contributed by atoms with Gasteiger partial charge in [0, 0.05) is 35.0 Å². The highest BCUT2D eigenvalue weighted by molar-refractivity contribution is 6.30. The molecule has 0 saturated heterocycles. The summed E-state index contributed by atoms with van der Waals surface area (Å²) in [5.74, 6) is 1.43. The van der Waals surface area contributed by atoms with Crippen molar-refractivity contribution >= 4 is 23.4 Å². The largest absolute Gasteiger partial charge is 0.370 e. The van der Waals surface area contributed by atoms with Crippen molar-refractivity contribution in [3.05, 3.63) is 71.0 Å². The maximum Gasteiger partial charge on any atom is 0.251 e. The standard InChI is InChI=1S/C15H17N5O2.C6H5Cl/c16-12(21)7-8-17-15(22)11-5-3-10(4-6-11)14-18-13(19-20-14)9-1-2-9;7-6-4-2-1-3-5-6/h3-6,9H,1-2,7-8H2,(H2,16,21)(H,17,22)(H,18,19,20);1-5H.